The first-order chi connectivity index (χ1) is 8.53. The van der Waals surface area contributed by atoms with Gasteiger partial charge in [-0.2, -0.15) is 11.8 Å². The Balaban J connectivity index is 2.49. The summed E-state index contributed by atoms with van der Waals surface area (Å²) in [4.78, 5) is 0. The Labute approximate surface area is 109 Å². The molecule has 0 saturated heterocycles. The summed E-state index contributed by atoms with van der Waals surface area (Å²) in [6.45, 7) is 2.70. The third kappa shape index (κ3) is 6.05. The number of benzene rings is 1. The Kier molecular flexibility index (Phi) is 6.18. The maximum absolute atomic E-state index is 12.2. The number of hydrogen-bond donors (Lipinski definition) is 1. The Morgan fingerprint density at radius 2 is 2.00 bits per heavy atom. The topological polar surface area (TPSA) is 21.3 Å². The lowest BCUT2D eigenvalue weighted by Crippen LogP contribution is -2.18. The van der Waals surface area contributed by atoms with Gasteiger partial charge in [-0.15, -0.1) is 13.2 Å². The Morgan fingerprint density at radius 3 is 2.67 bits per heavy atom. The smallest absolute Gasteiger partial charge is 0.404 e. The van der Waals surface area contributed by atoms with E-state index in [0.717, 1.165) is 17.9 Å². The summed E-state index contributed by atoms with van der Waals surface area (Å²) in [5.41, 5.74) is 0.372. The quantitative estimate of drug-likeness (QED) is 0.758. The number of rotatable bonds is 7. The van der Waals surface area contributed by atoms with Crippen LogP contribution in [0.2, 0.25) is 0 Å². The SMILES string of the molecule is CCSCCCNc1ccccc1OC(F)(F)F. The molecule has 0 aliphatic heterocycles. The van der Waals surface area contributed by atoms with Crippen LogP contribution in [-0.2, 0) is 0 Å². The number of anilines is 1. The van der Waals surface area contributed by atoms with Gasteiger partial charge in [0.15, 0.2) is 5.75 Å². The number of alkyl halides is 3. The van der Waals surface area contributed by atoms with Crippen LogP contribution in [0.3, 0.4) is 0 Å². The predicted molar refractivity (Wildman–Crippen MR) is 69.2 cm³/mol. The highest BCUT2D eigenvalue weighted by Gasteiger charge is 2.31. The predicted octanol–water partition coefficient (Wildman–Crippen LogP) is 4.14. The molecule has 6 heteroatoms. The Morgan fingerprint density at radius 1 is 1.28 bits per heavy atom. The number of para-hydroxylation sites is 2. The average Bonchev–Trinajstić information content (AvgIpc) is 2.29. The van der Waals surface area contributed by atoms with Crippen molar-refractivity contribution in [2.24, 2.45) is 0 Å². The summed E-state index contributed by atoms with van der Waals surface area (Å²) < 4.78 is 40.4. The molecule has 0 aliphatic rings. The maximum atomic E-state index is 12.2. The van der Waals surface area contributed by atoms with Gasteiger partial charge < -0.3 is 10.1 Å². The largest absolute Gasteiger partial charge is 0.573 e. The van der Waals surface area contributed by atoms with Crippen molar-refractivity contribution in [2.75, 3.05) is 23.4 Å². The van der Waals surface area contributed by atoms with Gasteiger partial charge in [0.2, 0.25) is 0 Å². The second-order valence-corrected chi connectivity index (χ2v) is 4.92. The molecule has 1 aromatic carbocycles. The van der Waals surface area contributed by atoms with Gasteiger partial charge in [-0.1, -0.05) is 19.1 Å². The molecule has 0 bridgehead atoms. The highest BCUT2D eigenvalue weighted by Crippen LogP contribution is 2.29. The van der Waals surface area contributed by atoms with Crippen molar-refractivity contribution < 1.29 is 17.9 Å². The van der Waals surface area contributed by atoms with Gasteiger partial charge in [-0.3, -0.25) is 0 Å². The van der Waals surface area contributed by atoms with Gasteiger partial charge in [0.1, 0.15) is 0 Å². The van der Waals surface area contributed by atoms with E-state index < -0.39 is 6.36 Å². The van der Waals surface area contributed by atoms with E-state index in [9.17, 15) is 13.2 Å². The number of hydrogen-bond acceptors (Lipinski definition) is 3. The fraction of sp³-hybridized carbons (Fsp3) is 0.500. The first-order valence-corrected chi connectivity index (χ1v) is 6.85. The third-order valence-corrected chi connectivity index (χ3v) is 3.08. The van der Waals surface area contributed by atoms with E-state index in [-0.39, 0.29) is 5.75 Å². The van der Waals surface area contributed by atoms with E-state index in [4.69, 9.17) is 0 Å². The second kappa shape index (κ2) is 7.41. The van der Waals surface area contributed by atoms with Crippen molar-refractivity contribution in [1.82, 2.24) is 0 Å². The maximum Gasteiger partial charge on any atom is 0.573 e. The van der Waals surface area contributed by atoms with Crippen molar-refractivity contribution in [2.45, 2.75) is 19.7 Å². The molecule has 18 heavy (non-hydrogen) atoms. The summed E-state index contributed by atoms with van der Waals surface area (Å²) in [5.74, 6) is 1.85. The average molecular weight is 279 g/mol. The zero-order valence-corrected chi connectivity index (χ0v) is 10.9. The van der Waals surface area contributed by atoms with Crippen LogP contribution in [0.15, 0.2) is 24.3 Å². The molecule has 1 rings (SSSR count). The number of nitrogens with one attached hydrogen (secondary N) is 1. The second-order valence-electron chi connectivity index (χ2n) is 3.52. The van der Waals surface area contributed by atoms with Gasteiger partial charge in [0.05, 0.1) is 5.69 Å². The first kappa shape index (κ1) is 15.0. The molecule has 0 atom stereocenters. The van der Waals surface area contributed by atoms with Crippen molar-refractivity contribution in [3.8, 4) is 5.75 Å². The number of ether oxygens (including phenoxy) is 1. The molecular weight excluding hydrogens is 263 g/mol. The van der Waals surface area contributed by atoms with Crippen LogP contribution in [0.4, 0.5) is 18.9 Å². The molecule has 0 saturated carbocycles. The molecule has 0 heterocycles. The Hall–Kier alpha value is -1.04. The lowest BCUT2D eigenvalue weighted by Gasteiger charge is -2.14. The van der Waals surface area contributed by atoms with Crippen LogP contribution in [0.25, 0.3) is 0 Å². The van der Waals surface area contributed by atoms with Gasteiger partial charge in [-0.25, -0.2) is 0 Å². The minimum atomic E-state index is -4.66. The lowest BCUT2D eigenvalue weighted by atomic mass is 10.3. The van der Waals surface area contributed by atoms with Crippen LogP contribution in [0.1, 0.15) is 13.3 Å². The van der Waals surface area contributed by atoms with Gasteiger partial charge in [-0.05, 0) is 30.1 Å². The standard InChI is InChI=1S/C12H16F3NOS/c1-2-18-9-5-8-16-10-6-3-4-7-11(10)17-12(13,14)15/h3-4,6-7,16H,2,5,8-9H2,1H3. The molecule has 2 nitrogen and oxygen atoms in total. The van der Waals surface area contributed by atoms with Crippen LogP contribution in [0.5, 0.6) is 5.75 Å². The Bertz CT molecular complexity index is 357. The van der Waals surface area contributed by atoms with Crippen molar-refractivity contribution in [1.29, 1.82) is 0 Å². The lowest BCUT2D eigenvalue weighted by molar-refractivity contribution is -0.274. The van der Waals surface area contributed by atoms with E-state index in [1.54, 1.807) is 23.9 Å². The summed E-state index contributed by atoms with van der Waals surface area (Å²) in [6.07, 6.45) is -3.76. The van der Waals surface area contributed by atoms with Crippen LogP contribution >= 0.6 is 11.8 Å². The fourth-order valence-electron chi connectivity index (χ4n) is 1.37. The van der Waals surface area contributed by atoms with Gasteiger partial charge >= 0.3 is 6.36 Å². The van der Waals surface area contributed by atoms with Crippen LogP contribution in [-0.4, -0.2) is 24.4 Å². The van der Waals surface area contributed by atoms with E-state index in [1.165, 1.54) is 12.1 Å². The van der Waals surface area contributed by atoms with E-state index >= 15 is 0 Å². The summed E-state index contributed by atoms with van der Waals surface area (Å²) in [5, 5.41) is 2.96. The molecule has 0 aromatic heterocycles. The van der Waals surface area contributed by atoms with Crippen LogP contribution in [0, 0.1) is 0 Å². The minimum absolute atomic E-state index is 0.187. The summed E-state index contributed by atoms with van der Waals surface area (Å²) >= 11 is 1.81. The normalized spacial score (nSPS) is 11.3. The number of halogens is 3. The molecule has 0 radical (unpaired) electrons. The zero-order chi connectivity index (χ0) is 13.4. The van der Waals surface area contributed by atoms with Gasteiger partial charge in [0.25, 0.3) is 0 Å². The van der Waals surface area contributed by atoms with E-state index in [2.05, 4.69) is 17.0 Å². The number of thioether (sulfide) groups is 1. The monoisotopic (exact) mass is 279 g/mol. The van der Waals surface area contributed by atoms with E-state index in [0.29, 0.717) is 12.2 Å². The molecule has 0 unspecified atom stereocenters. The third-order valence-electron chi connectivity index (χ3n) is 2.10. The molecule has 0 aliphatic carbocycles. The van der Waals surface area contributed by atoms with Crippen LogP contribution < -0.4 is 10.1 Å². The molecule has 0 amide bonds. The molecule has 0 fully saturated rings. The molecule has 1 aromatic rings. The zero-order valence-electron chi connectivity index (χ0n) is 10.1. The summed E-state index contributed by atoms with van der Waals surface area (Å²) in [7, 11) is 0. The van der Waals surface area contributed by atoms with Crippen molar-refractivity contribution in [3.63, 3.8) is 0 Å². The molecule has 102 valence electrons. The summed E-state index contributed by atoms with van der Waals surface area (Å²) in [6, 6.07) is 6.07. The molecule has 1 N–H and O–H groups in total. The first-order valence-electron chi connectivity index (χ1n) is 5.69. The minimum Gasteiger partial charge on any atom is -0.404 e. The van der Waals surface area contributed by atoms with Crippen molar-refractivity contribution in [3.05, 3.63) is 24.3 Å². The highest BCUT2D eigenvalue weighted by atomic mass is 32.2. The molecule has 0 spiro atoms. The van der Waals surface area contributed by atoms with Crippen molar-refractivity contribution >= 4 is 17.4 Å². The molecular formula is C12H16F3NOS. The van der Waals surface area contributed by atoms with E-state index in [1.807, 2.05) is 0 Å². The fourth-order valence-corrected chi connectivity index (χ4v) is 2.01. The van der Waals surface area contributed by atoms with Gasteiger partial charge in [0, 0.05) is 6.54 Å². The highest BCUT2D eigenvalue weighted by molar-refractivity contribution is 7.99.